The molecule has 1 amide bonds. The van der Waals surface area contributed by atoms with Gasteiger partial charge in [0, 0.05) is 30.6 Å². The highest BCUT2D eigenvalue weighted by Gasteiger charge is 2.33. The Morgan fingerprint density at radius 3 is 2.83 bits per heavy atom. The maximum atomic E-state index is 12.2. The fourth-order valence-corrected chi connectivity index (χ4v) is 2.80. The van der Waals surface area contributed by atoms with Crippen molar-refractivity contribution in [2.24, 2.45) is 0 Å². The summed E-state index contributed by atoms with van der Waals surface area (Å²) in [5, 5.41) is 7.88. The second kappa shape index (κ2) is 6.43. The predicted octanol–water partition coefficient (Wildman–Crippen LogP) is 3.63. The number of anilines is 2. The van der Waals surface area contributed by atoms with Crippen LogP contribution in [0.15, 0.2) is 28.9 Å². The van der Waals surface area contributed by atoms with Crippen molar-refractivity contribution in [1.29, 1.82) is 0 Å². The van der Waals surface area contributed by atoms with Gasteiger partial charge in [-0.05, 0) is 18.6 Å². The van der Waals surface area contributed by atoms with E-state index in [2.05, 4.69) is 36.2 Å². The van der Waals surface area contributed by atoms with Crippen LogP contribution in [0.3, 0.4) is 0 Å². The highest BCUT2D eigenvalue weighted by atomic mass is 35.5. The van der Waals surface area contributed by atoms with Crippen molar-refractivity contribution in [3.05, 3.63) is 35.1 Å². The molecule has 24 heavy (non-hydrogen) atoms. The van der Waals surface area contributed by atoms with Crippen molar-refractivity contribution < 1.29 is 9.32 Å². The average molecular weight is 349 g/mol. The standard InChI is InChI=1S/C17H21ClN4O2/c1-17(2,3)13-8-15(24-21-13)20-10-12-5-7-16(23)22(12)14-6-4-11(18)9-19-14/h4,6,8-9,12,20H,5,7,10H2,1-3H3/t12-/m0/s1. The first-order chi connectivity index (χ1) is 11.3. The van der Waals surface area contributed by atoms with E-state index in [4.69, 9.17) is 16.1 Å². The van der Waals surface area contributed by atoms with Crippen LogP contribution in [0.1, 0.15) is 39.3 Å². The van der Waals surface area contributed by atoms with E-state index in [1.165, 1.54) is 0 Å². The number of pyridine rings is 1. The van der Waals surface area contributed by atoms with Crippen LogP contribution in [0.4, 0.5) is 11.7 Å². The predicted molar refractivity (Wildman–Crippen MR) is 93.4 cm³/mol. The number of nitrogens with one attached hydrogen (secondary N) is 1. The third kappa shape index (κ3) is 3.53. The molecule has 3 rings (SSSR count). The fraction of sp³-hybridized carbons (Fsp3) is 0.471. The van der Waals surface area contributed by atoms with Crippen molar-refractivity contribution in [3.63, 3.8) is 0 Å². The van der Waals surface area contributed by atoms with E-state index in [0.717, 1.165) is 12.1 Å². The molecule has 0 aromatic carbocycles. The van der Waals surface area contributed by atoms with Crippen LogP contribution in [0.5, 0.6) is 0 Å². The number of hydrogen-bond acceptors (Lipinski definition) is 5. The van der Waals surface area contributed by atoms with Crippen LogP contribution in [0.2, 0.25) is 5.02 Å². The Bertz CT molecular complexity index is 721. The molecule has 2 aromatic heterocycles. The third-order valence-corrected chi connectivity index (χ3v) is 4.30. The van der Waals surface area contributed by atoms with Crippen molar-refractivity contribution >= 4 is 29.2 Å². The van der Waals surface area contributed by atoms with Crippen LogP contribution < -0.4 is 10.2 Å². The molecular formula is C17H21ClN4O2. The molecule has 3 heterocycles. The minimum atomic E-state index is -0.0635. The van der Waals surface area contributed by atoms with Crippen LogP contribution in [-0.2, 0) is 10.2 Å². The number of halogens is 1. The van der Waals surface area contributed by atoms with Crippen molar-refractivity contribution in [2.45, 2.75) is 45.1 Å². The summed E-state index contributed by atoms with van der Waals surface area (Å²) in [6.07, 6.45) is 2.84. The monoisotopic (exact) mass is 348 g/mol. The van der Waals surface area contributed by atoms with Gasteiger partial charge in [0.2, 0.25) is 11.8 Å². The van der Waals surface area contributed by atoms with E-state index < -0.39 is 0 Å². The molecule has 128 valence electrons. The lowest BCUT2D eigenvalue weighted by atomic mass is 9.92. The van der Waals surface area contributed by atoms with Gasteiger partial charge in [0.15, 0.2) is 0 Å². The van der Waals surface area contributed by atoms with Gasteiger partial charge in [-0.1, -0.05) is 37.5 Å². The number of amides is 1. The second-order valence-electron chi connectivity index (χ2n) is 7.00. The van der Waals surface area contributed by atoms with Crippen molar-refractivity contribution in [1.82, 2.24) is 10.1 Å². The Hall–Kier alpha value is -2.08. The van der Waals surface area contributed by atoms with E-state index >= 15 is 0 Å². The Balaban J connectivity index is 1.68. The smallest absolute Gasteiger partial charge is 0.228 e. The SMILES string of the molecule is CC(C)(C)c1cc(NC[C@@H]2CCC(=O)N2c2ccc(Cl)cn2)on1. The molecule has 0 spiro atoms. The zero-order chi connectivity index (χ0) is 17.3. The van der Waals surface area contributed by atoms with Gasteiger partial charge in [0.05, 0.1) is 16.8 Å². The van der Waals surface area contributed by atoms with Gasteiger partial charge >= 0.3 is 0 Å². The summed E-state index contributed by atoms with van der Waals surface area (Å²) in [6, 6.07) is 5.44. The van der Waals surface area contributed by atoms with E-state index in [0.29, 0.717) is 29.7 Å². The zero-order valence-corrected chi connectivity index (χ0v) is 14.8. The molecule has 0 saturated carbocycles. The second-order valence-corrected chi connectivity index (χ2v) is 7.43. The third-order valence-electron chi connectivity index (χ3n) is 4.07. The first-order valence-electron chi connectivity index (χ1n) is 7.99. The molecular weight excluding hydrogens is 328 g/mol. The lowest BCUT2D eigenvalue weighted by Crippen LogP contribution is -2.38. The quantitative estimate of drug-likeness (QED) is 0.913. The number of carbonyl (C=O) groups excluding carboxylic acids is 1. The number of hydrogen-bond donors (Lipinski definition) is 1. The largest absolute Gasteiger partial charge is 0.352 e. The summed E-state index contributed by atoms with van der Waals surface area (Å²) in [6.45, 7) is 6.82. The number of carbonyl (C=O) groups is 1. The highest BCUT2D eigenvalue weighted by Crippen LogP contribution is 2.27. The molecule has 1 aliphatic rings. The molecule has 1 saturated heterocycles. The molecule has 1 aliphatic heterocycles. The van der Waals surface area contributed by atoms with Crippen molar-refractivity contribution in [2.75, 3.05) is 16.8 Å². The fourth-order valence-electron chi connectivity index (χ4n) is 2.69. The van der Waals surface area contributed by atoms with Crippen LogP contribution in [0, 0.1) is 0 Å². The van der Waals surface area contributed by atoms with Gasteiger partial charge in [-0.15, -0.1) is 0 Å². The zero-order valence-electron chi connectivity index (χ0n) is 14.0. The Morgan fingerprint density at radius 2 is 2.21 bits per heavy atom. The molecule has 7 heteroatoms. The Kier molecular flexibility index (Phi) is 4.49. The van der Waals surface area contributed by atoms with Gasteiger partial charge in [-0.3, -0.25) is 9.69 Å². The maximum Gasteiger partial charge on any atom is 0.228 e. The Labute approximate surface area is 146 Å². The van der Waals surface area contributed by atoms with Crippen LogP contribution in [-0.4, -0.2) is 28.6 Å². The number of rotatable bonds is 4. The summed E-state index contributed by atoms with van der Waals surface area (Å²) >= 11 is 5.87. The van der Waals surface area contributed by atoms with E-state index in [-0.39, 0.29) is 17.4 Å². The minimum absolute atomic E-state index is 0.0226. The lowest BCUT2D eigenvalue weighted by Gasteiger charge is -2.23. The van der Waals surface area contributed by atoms with Crippen LogP contribution >= 0.6 is 11.6 Å². The Morgan fingerprint density at radius 1 is 1.42 bits per heavy atom. The van der Waals surface area contributed by atoms with E-state index in [1.54, 1.807) is 23.2 Å². The van der Waals surface area contributed by atoms with Gasteiger partial charge in [0.25, 0.3) is 0 Å². The van der Waals surface area contributed by atoms with Gasteiger partial charge in [-0.2, -0.15) is 0 Å². The maximum absolute atomic E-state index is 12.2. The molecule has 1 N–H and O–H groups in total. The number of nitrogens with zero attached hydrogens (tertiary/aromatic N) is 3. The summed E-state index contributed by atoms with van der Waals surface area (Å²) < 4.78 is 5.34. The average Bonchev–Trinajstić information content (AvgIpc) is 3.13. The molecule has 1 fully saturated rings. The summed E-state index contributed by atoms with van der Waals surface area (Å²) in [7, 11) is 0. The van der Waals surface area contributed by atoms with E-state index in [1.807, 2.05) is 6.07 Å². The molecule has 0 radical (unpaired) electrons. The summed E-state index contributed by atoms with van der Waals surface area (Å²) in [5.41, 5.74) is 0.829. The molecule has 1 atom stereocenters. The lowest BCUT2D eigenvalue weighted by molar-refractivity contribution is -0.117. The minimum Gasteiger partial charge on any atom is -0.352 e. The summed E-state index contributed by atoms with van der Waals surface area (Å²) in [4.78, 5) is 18.2. The molecule has 2 aromatic rings. The van der Waals surface area contributed by atoms with Gasteiger partial charge in [0.1, 0.15) is 5.82 Å². The highest BCUT2D eigenvalue weighted by molar-refractivity contribution is 6.30. The van der Waals surface area contributed by atoms with Crippen molar-refractivity contribution in [3.8, 4) is 0 Å². The van der Waals surface area contributed by atoms with Gasteiger partial charge < -0.3 is 9.84 Å². The molecule has 6 nitrogen and oxygen atoms in total. The topological polar surface area (TPSA) is 71.3 Å². The van der Waals surface area contributed by atoms with Crippen LogP contribution in [0.25, 0.3) is 0 Å². The molecule has 0 aliphatic carbocycles. The first-order valence-corrected chi connectivity index (χ1v) is 8.37. The number of aromatic nitrogens is 2. The first kappa shape index (κ1) is 16.8. The summed E-state index contributed by atoms with van der Waals surface area (Å²) in [5.74, 6) is 1.31. The normalized spacial score (nSPS) is 18.2. The van der Waals surface area contributed by atoms with Gasteiger partial charge in [-0.25, -0.2) is 4.98 Å². The molecule has 0 unspecified atom stereocenters. The van der Waals surface area contributed by atoms with E-state index in [9.17, 15) is 4.79 Å². The molecule has 0 bridgehead atoms.